The topological polar surface area (TPSA) is 54.5 Å². The molecule has 0 aliphatic carbocycles. The standard InChI is InChI=1S/C10H6F2N4/c11-8-2-1-7(5-9(8)12)10-6-14-15-16(10)4-3-13/h1-2,5-6H,4H2. The molecule has 4 nitrogen and oxygen atoms in total. The van der Waals surface area contributed by atoms with Crippen LogP contribution in [0.15, 0.2) is 24.4 Å². The van der Waals surface area contributed by atoms with Gasteiger partial charge in [-0.2, -0.15) is 5.26 Å². The normalized spacial score (nSPS) is 10.1. The maximum absolute atomic E-state index is 13.0. The molecule has 0 fully saturated rings. The Hall–Kier alpha value is -2.29. The zero-order valence-corrected chi connectivity index (χ0v) is 8.06. The first kappa shape index (κ1) is 10.2. The molecule has 0 saturated heterocycles. The lowest BCUT2D eigenvalue weighted by Crippen LogP contribution is -2.00. The fraction of sp³-hybridized carbons (Fsp3) is 0.100. The molecule has 0 amide bonds. The van der Waals surface area contributed by atoms with Gasteiger partial charge in [0.1, 0.15) is 6.54 Å². The number of nitrogens with zero attached hydrogens (tertiary/aromatic N) is 4. The maximum atomic E-state index is 13.0. The molecule has 0 aliphatic rings. The first-order valence-electron chi connectivity index (χ1n) is 4.43. The van der Waals surface area contributed by atoms with Gasteiger partial charge in [0.2, 0.25) is 0 Å². The third kappa shape index (κ3) is 1.75. The molecule has 0 N–H and O–H groups in total. The van der Waals surface area contributed by atoms with Crippen molar-refractivity contribution in [2.45, 2.75) is 6.54 Å². The van der Waals surface area contributed by atoms with Crippen LogP contribution in [0.4, 0.5) is 8.78 Å². The van der Waals surface area contributed by atoms with Crippen LogP contribution >= 0.6 is 0 Å². The summed E-state index contributed by atoms with van der Waals surface area (Å²) in [5.41, 5.74) is 0.902. The Balaban J connectivity index is 2.47. The number of rotatable bonds is 2. The van der Waals surface area contributed by atoms with Crippen LogP contribution in [-0.4, -0.2) is 15.0 Å². The monoisotopic (exact) mass is 220 g/mol. The summed E-state index contributed by atoms with van der Waals surface area (Å²) in [4.78, 5) is 0. The molecule has 0 radical (unpaired) electrons. The Labute approximate surface area is 89.7 Å². The second-order valence-electron chi connectivity index (χ2n) is 3.06. The summed E-state index contributed by atoms with van der Waals surface area (Å²) in [6.45, 7) is 0.00826. The summed E-state index contributed by atoms with van der Waals surface area (Å²) in [7, 11) is 0. The fourth-order valence-electron chi connectivity index (χ4n) is 1.32. The highest BCUT2D eigenvalue weighted by atomic mass is 19.2. The van der Waals surface area contributed by atoms with E-state index in [2.05, 4.69) is 10.3 Å². The van der Waals surface area contributed by atoms with E-state index >= 15 is 0 Å². The van der Waals surface area contributed by atoms with Crippen LogP contribution in [0.25, 0.3) is 11.3 Å². The van der Waals surface area contributed by atoms with Crippen molar-refractivity contribution in [2.75, 3.05) is 0 Å². The van der Waals surface area contributed by atoms with Crippen molar-refractivity contribution < 1.29 is 8.78 Å². The predicted octanol–water partition coefficient (Wildman–Crippen LogP) is 1.75. The number of benzene rings is 1. The zero-order chi connectivity index (χ0) is 11.5. The van der Waals surface area contributed by atoms with E-state index in [9.17, 15) is 8.78 Å². The highest BCUT2D eigenvalue weighted by Crippen LogP contribution is 2.20. The first-order chi connectivity index (χ1) is 7.72. The van der Waals surface area contributed by atoms with Gasteiger partial charge in [0.05, 0.1) is 18.0 Å². The van der Waals surface area contributed by atoms with Crippen LogP contribution in [-0.2, 0) is 6.54 Å². The number of hydrogen-bond donors (Lipinski definition) is 0. The first-order valence-corrected chi connectivity index (χ1v) is 4.43. The molecular formula is C10H6F2N4. The molecule has 0 bridgehead atoms. The van der Waals surface area contributed by atoms with E-state index in [1.807, 2.05) is 6.07 Å². The number of aromatic nitrogens is 3. The van der Waals surface area contributed by atoms with Gasteiger partial charge in [-0.15, -0.1) is 5.10 Å². The minimum Gasteiger partial charge on any atom is -0.231 e. The Morgan fingerprint density at radius 3 is 2.81 bits per heavy atom. The lowest BCUT2D eigenvalue weighted by molar-refractivity contribution is 0.509. The third-order valence-corrected chi connectivity index (χ3v) is 2.05. The van der Waals surface area contributed by atoms with Gasteiger partial charge < -0.3 is 0 Å². The van der Waals surface area contributed by atoms with E-state index in [1.54, 1.807) is 0 Å². The van der Waals surface area contributed by atoms with E-state index < -0.39 is 11.6 Å². The van der Waals surface area contributed by atoms with Crippen LogP contribution in [0.2, 0.25) is 0 Å². The summed E-state index contributed by atoms with van der Waals surface area (Å²) < 4.78 is 27.0. The summed E-state index contributed by atoms with van der Waals surface area (Å²) in [5.74, 6) is -1.86. The van der Waals surface area contributed by atoms with E-state index in [0.29, 0.717) is 11.3 Å². The Morgan fingerprint density at radius 1 is 1.31 bits per heavy atom. The molecule has 0 saturated carbocycles. The third-order valence-electron chi connectivity index (χ3n) is 2.05. The van der Waals surface area contributed by atoms with E-state index in [1.165, 1.54) is 16.9 Å². The molecule has 0 atom stereocenters. The molecule has 1 aromatic carbocycles. The Bertz CT molecular complexity index is 556. The fourth-order valence-corrected chi connectivity index (χ4v) is 1.32. The van der Waals surface area contributed by atoms with Crippen LogP contribution in [0, 0.1) is 23.0 Å². The second-order valence-corrected chi connectivity index (χ2v) is 3.06. The van der Waals surface area contributed by atoms with Crippen molar-refractivity contribution in [3.63, 3.8) is 0 Å². The average Bonchev–Trinajstić information content (AvgIpc) is 2.71. The summed E-state index contributed by atoms with van der Waals surface area (Å²) in [5, 5.41) is 15.8. The molecule has 6 heteroatoms. The molecule has 80 valence electrons. The number of halogens is 2. The van der Waals surface area contributed by atoms with E-state index in [-0.39, 0.29) is 6.54 Å². The van der Waals surface area contributed by atoms with Gasteiger partial charge in [-0.25, -0.2) is 13.5 Å². The van der Waals surface area contributed by atoms with Crippen LogP contribution in [0.1, 0.15) is 0 Å². The summed E-state index contributed by atoms with van der Waals surface area (Å²) in [6.07, 6.45) is 1.39. The van der Waals surface area contributed by atoms with Crippen molar-refractivity contribution in [1.29, 1.82) is 5.26 Å². The Kier molecular flexibility index (Phi) is 2.60. The number of hydrogen-bond acceptors (Lipinski definition) is 3. The Morgan fingerprint density at radius 2 is 2.12 bits per heavy atom. The van der Waals surface area contributed by atoms with Gasteiger partial charge in [0.15, 0.2) is 11.6 Å². The highest BCUT2D eigenvalue weighted by Gasteiger charge is 2.09. The maximum Gasteiger partial charge on any atom is 0.159 e. The van der Waals surface area contributed by atoms with Crippen molar-refractivity contribution in [2.24, 2.45) is 0 Å². The van der Waals surface area contributed by atoms with E-state index in [4.69, 9.17) is 5.26 Å². The summed E-state index contributed by atoms with van der Waals surface area (Å²) >= 11 is 0. The minimum absolute atomic E-state index is 0.00826. The zero-order valence-electron chi connectivity index (χ0n) is 8.06. The van der Waals surface area contributed by atoms with Gasteiger partial charge in [-0.05, 0) is 18.2 Å². The molecule has 1 heterocycles. The quantitative estimate of drug-likeness (QED) is 0.774. The van der Waals surface area contributed by atoms with Crippen molar-refractivity contribution in [3.05, 3.63) is 36.0 Å². The van der Waals surface area contributed by atoms with Crippen molar-refractivity contribution in [3.8, 4) is 17.3 Å². The predicted molar refractivity (Wildman–Crippen MR) is 51.0 cm³/mol. The lowest BCUT2D eigenvalue weighted by atomic mass is 10.1. The molecule has 0 unspecified atom stereocenters. The largest absolute Gasteiger partial charge is 0.231 e. The van der Waals surface area contributed by atoms with Crippen LogP contribution < -0.4 is 0 Å². The SMILES string of the molecule is N#CCn1nncc1-c1ccc(F)c(F)c1. The van der Waals surface area contributed by atoms with Crippen molar-refractivity contribution in [1.82, 2.24) is 15.0 Å². The molecule has 2 aromatic rings. The van der Waals surface area contributed by atoms with Gasteiger partial charge in [0, 0.05) is 5.56 Å². The second kappa shape index (κ2) is 4.06. The molecule has 0 spiro atoms. The molecule has 16 heavy (non-hydrogen) atoms. The van der Waals surface area contributed by atoms with Gasteiger partial charge in [-0.3, -0.25) is 0 Å². The molecule has 1 aromatic heterocycles. The lowest BCUT2D eigenvalue weighted by Gasteiger charge is -2.02. The molecule has 2 rings (SSSR count). The van der Waals surface area contributed by atoms with E-state index in [0.717, 1.165) is 12.1 Å². The van der Waals surface area contributed by atoms with Gasteiger partial charge in [0.25, 0.3) is 0 Å². The molecular weight excluding hydrogens is 214 g/mol. The smallest absolute Gasteiger partial charge is 0.159 e. The summed E-state index contributed by atoms with van der Waals surface area (Å²) in [6, 6.07) is 5.37. The minimum atomic E-state index is -0.942. The van der Waals surface area contributed by atoms with Crippen LogP contribution in [0.5, 0.6) is 0 Å². The van der Waals surface area contributed by atoms with Gasteiger partial charge >= 0.3 is 0 Å². The number of nitriles is 1. The van der Waals surface area contributed by atoms with Crippen molar-refractivity contribution >= 4 is 0 Å². The highest BCUT2D eigenvalue weighted by molar-refractivity contribution is 5.58. The average molecular weight is 220 g/mol. The molecule has 0 aliphatic heterocycles. The van der Waals surface area contributed by atoms with Crippen LogP contribution in [0.3, 0.4) is 0 Å². The van der Waals surface area contributed by atoms with Gasteiger partial charge in [-0.1, -0.05) is 5.21 Å².